The van der Waals surface area contributed by atoms with E-state index >= 15 is 0 Å². The van der Waals surface area contributed by atoms with E-state index in [2.05, 4.69) is 24.4 Å². The van der Waals surface area contributed by atoms with E-state index in [9.17, 15) is 4.57 Å². The minimum Gasteiger partial charge on any atom is -0.308 e. The van der Waals surface area contributed by atoms with Gasteiger partial charge in [-0.15, -0.1) is 0 Å². The van der Waals surface area contributed by atoms with Crippen LogP contribution in [0.3, 0.4) is 0 Å². The predicted molar refractivity (Wildman–Crippen MR) is 80.8 cm³/mol. The Morgan fingerprint density at radius 1 is 1.20 bits per heavy atom. The zero-order valence-electron chi connectivity index (χ0n) is 12.5. The molecule has 4 nitrogen and oxygen atoms in total. The fraction of sp³-hybridized carbons (Fsp3) is 0.600. The maximum atomic E-state index is 13.0. The summed E-state index contributed by atoms with van der Waals surface area (Å²) < 4.78 is 24.0. The Bertz CT molecular complexity index is 463. The summed E-state index contributed by atoms with van der Waals surface area (Å²) >= 11 is 0. The molecule has 0 saturated heterocycles. The first-order valence-corrected chi connectivity index (χ1v) is 8.83. The lowest BCUT2D eigenvalue weighted by Crippen LogP contribution is -2.35. The normalized spacial score (nSPS) is 18.8. The van der Waals surface area contributed by atoms with Gasteiger partial charge in [-0.3, -0.25) is 9.88 Å². The molecule has 0 aliphatic heterocycles. The topological polar surface area (TPSA) is 47.6 Å². The molecule has 2 rings (SSSR count). The molecule has 1 aliphatic carbocycles. The molecule has 0 amide bonds. The summed E-state index contributed by atoms with van der Waals surface area (Å²) in [6.45, 7) is 6.59. The highest BCUT2D eigenvalue weighted by molar-refractivity contribution is 7.56. The van der Waals surface area contributed by atoms with E-state index in [0.717, 1.165) is 12.8 Å². The minimum absolute atomic E-state index is 0.118. The Balaban J connectivity index is 2.12. The van der Waals surface area contributed by atoms with Crippen molar-refractivity contribution in [3.8, 4) is 0 Å². The van der Waals surface area contributed by atoms with Crippen LogP contribution >= 0.6 is 7.60 Å². The van der Waals surface area contributed by atoms with Crippen LogP contribution in [0.15, 0.2) is 30.3 Å². The molecular formula is C15H24NO3P. The van der Waals surface area contributed by atoms with Gasteiger partial charge in [-0.1, -0.05) is 30.3 Å². The molecule has 20 heavy (non-hydrogen) atoms. The van der Waals surface area contributed by atoms with Gasteiger partial charge in [-0.05, 0) is 39.2 Å². The average Bonchev–Trinajstić information content (AvgIpc) is 3.21. The maximum Gasteiger partial charge on any atom is 0.350 e. The van der Waals surface area contributed by atoms with Gasteiger partial charge in [0, 0.05) is 6.04 Å². The van der Waals surface area contributed by atoms with Gasteiger partial charge in [0.05, 0.1) is 13.2 Å². The number of benzene rings is 1. The van der Waals surface area contributed by atoms with E-state index < -0.39 is 12.9 Å². The monoisotopic (exact) mass is 297 g/mol. The number of nitrogens with one attached hydrogen (secondary N) is 1. The van der Waals surface area contributed by atoms with Crippen molar-refractivity contribution >= 4 is 7.60 Å². The summed E-state index contributed by atoms with van der Waals surface area (Å²) in [7, 11) is -3.10. The number of hydrogen-bond donors (Lipinski definition) is 1. The second-order valence-electron chi connectivity index (χ2n) is 5.14. The first-order chi connectivity index (χ1) is 9.57. The van der Waals surface area contributed by atoms with Gasteiger partial charge >= 0.3 is 7.60 Å². The lowest BCUT2D eigenvalue weighted by atomic mass is 10.1. The van der Waals surface area contributed by atoms with Gasteiger partial charge in [0.15, 0.2) is 0 Å². The van der Waals surface area contributed by atoms with Crippen LogP contribution in [0.2, 0.25) is 0 Å². The van der Waals surface area contributed by atoms with Crippen LogP contribution in [0.1, 0.15) is 45.2 Å². The van der Waals surface area contributed by atoms with Gasteiger partial charge in [0.2, 0.25) is 0 Å². The Kier molecular flexibility index (Phi) is 5.03. The quantitative estimate of drug-likeness (QED) is 0.734. The number of rotatable bonds is 8. The van der Waals surface area contributed by atoms with E-state index in [4.69, 9.17) is 9.05 Å². The highest BCUT2D eigenvalue weighted by atomic mass is 31.2. The molecule has 1 N–H and O–H groups in total. The highest BCUT2D eigenvalue weighted by Crippen LogP contribution is 2.70. The van der Waals surface area contributed by atoms with Crippen LogP contribution in [0, 0.1) is 0 Å². The molecule has 1 aromatic carbocycles. The third-order valence-electron chi connectivity index (χ3n) is 3.63. The van der Waals surface area contributed by atoms with Gasteiger partial charge in [-0.2, -0.15) is 0 Å². The van der Waals surface area contributed by atoms with Crippen molar-refractivity contribution in [1.82, 2.24) is 5.32 Å². The number of hydrogen-bond acceptors (Lipinski definition) is 4. The second-order valence-corrected chi connectivity index (χ2v) is 7.51. The van der Waals surface area contributed by atoms with E-state index in [1.54, 1.807) is 0 Å². The maximum absolute atomic E-state index is 13.0. The zero-order valence-corrected chi connectivity index (χ0v) is 13.4. The van der Waals surface area contributed by atoms with Crippen molar-refractivity contribution in [3.05, 3.63) is 35.9 Å². The van der Waals surface area contributed by atoms with Gasteiger partial charge in [-0.25, -0.2) is 0 Å². The molecule has 112 valence electrons. The largest absolute Gasteiger partial charge is 0.350 e. The van der Waals surface area contributed by atoms with Crippen molar-refractivity contribution < 1.29 is 13.6 Å². The van der Waals surface area contributed by atoms with Crippen LogP contribution in [0.4, 0.5) is 0 Å². The standard InChI is InChI=1S/C15H24NO3P/c1-4-18-20(17,19-5-2)15(11-12-15)16-13(3)14-9-7-6-8-10-14/h6-10,13,16H,4-5,11-12H2,1-3H3. The molecule has 0 radical (unpaired) electrons. The molecule has 1 saturated carbocycles. The van der Waals surface area contributed by atoms with Crippen molar-refractivity contribution in [3.63, 3.8) is 0 Å². The highest BCUT2D eigenvalue weighted by Gasteiger charge is 2.60. The van der Waals surface area contributed by atoms with Crippen LogP contribution < -0.4 is 5.32 Å². The van der Waals surface area contributed by atoms with Crippen molar-refractivity contribution in [2.24, 2.45) is 0 Å². The van der Waals surface area contributed by atoms with E-state index in [0.29, 0.717) is 13.2 Å². The van der Waals surface area contributed by atoms with Gasteiger partial charge in [0.25, 0.3) is 0 Å². The summed E-state index contributed by atoms with van der Waals surface area (Å²) in [5.74, 6) is 0. The summed E-state index contributed by atoms with van der Waals surface area (Å²) in [5.41, 5.74) is 1.18. The van der Waals surface area contributed by atoms with E-state index in [1.165, 1.54) is 5.56 Å². The predicted octanol–water partition coefficient (Wildman–Crippen LogP) is 4.09. The van der Waals surface area contributed by atoms with Crippen LogP contribution in [-0.4, -0.2) is 18.5 Å². The fourth-order valence-electron chi connectivity index (χ4n) is 2.47. The summed E-state index contributed by atoms with van der Waals surface area (Å²) in [6.07, 6.45) is 1.67. The Hall–Kier alpha value is -0.670. The fourth-order valence-corrected chi connectivity index (χ4v) is 4.73. The molecule has 1 aliphatic rings. The molecule has 1 aromatic rings. The van der Waals surface area contributed by atoms with E-state index in [-0.39, 0.29) is 6.04 Å². The molecule has 0 bridgehead atoms. The summed E-state index contributed by atoms with van der Waals surface area (Å²) in [4.78, 5) is 0. The van der Waals surface area contributed by atoms with Gasteiger partial charge in [0.1, 0.15) is 5.28 Å². The molecule has 1 fully saturated rings. The minimum atomic E-state index is -3.10. The van der Waals surface area contributed by atoms with Gasteiger partial charge < -0.3 is 9.05 Å². The molecule has 5 heteroatoms. The first kappa shape index (κ1) is 15.7. The third-order valence-corrected chi connectivity index (χ3v) is 6.45. The van der Waals surface area contributed by atoms with Crippen molar-refractivity contribution in [2.45, 2.75) is 44.9 Å². The third kappa shape index (κ3) is 3.15. The molecular weight excluding hydrogens is 273 g/mol. The second kappa shape index (κ2) is 6.40. The van der Waals surface area contributed by atoms with Crippen molar-refractivity contribution in [2.75, 3.05) is 13.2 Å². The molecule has 1 unspecified atom stereocenters. The Morgan fingerprint density at radius 3 is 2.20 bits per heavy atom. The Morgan fingerprint density at radius 2 is 1.75 bits per heavy atom. The smallest absolute Gasteiger partial charge is 0.308 e. The molecule has 0 heterocycles. The van der Waals surface area contributed by atoms with Crippen LogP contribution in [0.5, 0.6) is 0 Å². The molecule has 1 atom stereocenters. The molecule has 0 aromatic heterocycles. The first-order valence-electron chi connectivity index (χ1n) is 7.29. The Labute approximate surface area is 121 Å². The zero-order chi connectivity index (χ0) is 14.6. The molecule has 0 spiro atoms. The summed E-state index contributed by atoms with van der Waals surface area (Å²) in [6, 6.07) is 10.3. The van der Waals surface area contributed by atoms with Crippen molar-refractivity contribution in [1.29, 1.82) is 0 Å². The van der Waals surface area contributed by atoms with Crippen LogP contribution in [0.25, 0.3) is 0 Å². The lowest BCUT2D eigenvalue weighted by molar-refractivity contribution is 0.202. The average molecular weight is 297 g/mol. The lowest BCUT2D eigenvalue weighted by Gasteiger charge is -2.29. The SMILES string of the molecule is CCOP(=O)(OCC)C1(NC(C)c2ccccc2)CC1. The summed E-state index contributed by atoms with van der Waals surface area (Å²) in [5, 5.41) is 2.98. The van der Waals surface area contributed by atoms with E-state index in [1.807, 2.05) is 32.0 Å². The van der Waals surface area contributed by atoms with Crippen LogP contribution in [-0.2, 0) is 13.6 Å².